The van der Waals surface area contributed by atoms with Gasteiger partial charge in [-0.3, -0.25) is 14.5 Å². The van der Waals surface area contributed by atoms with Gasteiger partial charge in [0.05, 0.1) is 0 Å². The lowest BCUT2D eigenvalue weighted by atomic mass is 10.2. The van der Waals surface area contributed by atoms with E-state index in [0.29, 0.717) is 17.4 Å². The van der Waals surface area contributed by atoms with Gasteiger partial charge in [0, 0.05) is 50.9 Å². The summed E-state index contributed by atoms with van der Waals surface area (Å²) in [6.45, 7) is 5.59. The zero-order valence-electron chi connectivity index (χ0n) is 13.7. The van der Waals surface area contributed by atoms with Crippen LogP contribution in [0.2, 0.25) is 0 Å². The predicted octanol–water partition coefficient (Wildman–Crippen LogP) is -0.330. The van der Waals surface area contributed by atoms with Crippen molar-refractivity contribution in [2.24, 2.45) is 5.73 Å². The number of carbonyl (C=O) groups excluding carboxylic acids is 2. The number of hydrogen-bond donors (Lipinski definition) is 2. The van der Waals surface area contributed by atoms with Crippen LogP contribution in [0.1, 0.15) is 16.8 Å². The van der Waals surface area contributed by atoms with Crippen molar-refractivity contribution >= 4 is 11.8 Å². The van der Waals surface area contributed by atoms with E-state index >= 15 is 0 Å². The maximum atomic E-state index is 12.6. The Morgan fingerprint density at radius 2 is 1.88 bits per heavy atom. The molecular formula is C17H24N4O3. The molecule has 1 atom stereocenters. The van der Waals surface area contributed by atoms with E-state index in [9.17, 15) is 9.59 Å². The molecule has 2 aliphatic heterocycles. The maximum Gasteiger partial charge on any atom is 0.255 e. The van der Waals surface area contributed by atoms with Gasteiger partial charge in [-0.2, -0.15) is 0 Å². The van der Waals surface area contributed by atoms with E-state index < -0.39 is 5.91 Å². The molecule has 2 aliphatic rings. The number of nitrogens with one attached hydrogen (secondary N) is 1. The molecule has 0 aliphatic carbocycles. The van der Waals surface area contributed by atoms with Crippen LogP contribution in [0.15, 0.2) is 24.3 Å². The van der Waals surface area contributed by atoms with Crippen molar-refractivity contribution in [3.63, 3.8) is 0 Å². The summed E-state index contributed by atoms with van der Waals surface area (Å²) in [7, 11) is 0. The standard InChI is InChI=1S/C17H24N4O3/c18-16(22)12-24-15-3-1-13(2-4-15)17(23)21-8-5-14(11-21)20-9-6-19-7-10-20/h1-4,14,19H,5-12H2,(H2,18,22). The van der Waals surface area contributed by atoms with Crippen LogP contribution in [0.4, 0.5) is 0 Å². The summed E-state index contributed by atoms with van der Waals surface area (Å²) in [5, 5.41) is 3.36. The number of likely N-dealkylation sites (tertiary alicyclic amines) is 1. The molecule has 2 fully saturated rings. The SMILES string of the molecule is NC(=O)COc1ccc(C(=O)N2CCC(N3CCNCC3)C2)cc1. The summed E-state index contributed by atoms with van der Waals surface area (Å²) in [6.07, 6.45) is 1.03. The quantitative estimate of drug-likeness (QED) is 0.771. The number of piperazine rings is 1. The number of ether oxygens (including phenoxy) is 1. The van der Waals surface area contributed by atoms with Crippen molar-refractivity contribution in [1.29, 1.82) is 0 Å². The van der Waals surface area contributed by atoms with Gasteiger partial charge in [-0.1, -0.05) is 0 Å². The lowest BCUT2D eigenvalue weighted by Gasteiger charge is -2.32. The number of primary amides is 1. The van der Waals surface area contributed by atoms with E-state index in [1.165, 1.54) is 0 Å². The van der Waals surface area contributed by atoms with Crippen LogP contribution in [-0.2, 0) is 4.79 Å². The third-order valence-corrected chi connectivity index (χ3v) is 4.60. The molecule has 24 heavy (non-hydrogen) atoms. The number of benzene rings is 1. The van der Waals surface area contributed by atoms with Crippen molar-refractivity contribution < 1.29 is 14.3 Å². The molecule has 0 bridgehead atoms. The molecule has 1 aromatic carbocycles. The van der Waals surface area contributed by atoms with Crippen LogP contribution in [0.5, 0.6) is 5.75 Å². The number of carbonyl (C=O) groups is 2. The van der Waals surface area contributed by atoms with Crippen molar-refractivity contribution in [2.75, 3.05) is 45.9 Å². The van der Waals surface area contributed by atoms with Crippen molar-refractivity contribution in [1.82, 2.24) is 15.1 Å². The number of nitrogens with two attached hydrogens (primary N) is 1. The van der Waals surface area contributed by atoms with E-state index in [-0.39, 0.29) is 12.5 Å². The van der Waals surface area contributed by atoms with E-state index in [0.717, 1.165) is 45.7 Å². The van der Waals surface area contributed by atoms with Crippen LogP contribution in [0.25, 0.3) is 0 Å². The number of rotatable bonds is 5. The van der Waals surface area contributed by atoms with Crippen LogP contribution >= 0.6 is 0 Å². The van der Waals surface area contributed by atoms with Gasteiger partial charge in [0.15, 0.2) is 6.61 Å². The Kier molecular flexibility index (Phi) is 5.32. The lowest BCUT2D eigenvalue weighted by molar-refractivity contribution is -0.119. The first-order valence-electron chi connectivity index (χ1n) is 8.38. The van der Waals surface area contributed by atoms with Gasteiger partial charge < -0.3 is 20.7 Å². The molecule has 1 aromatic rings. The Morgan fingerprint density at radius 3 is 2.54 bits per heavy atom. The number of hydrogen-bond acceptors (Lipinski definition) is 5. The van der Waals surface area contributed by atoms with Crippen molar-refractivity contribution in [3.05, 3.63) is 29.8 Å². The second-order valence-electron chi connectivity index (χ2n) is 6.26. The van der Waals surface area contributed by atoms with Gasteiger partial charge in [-0.25, -0.2) is 0 Å². The Balaban J connectivity index is 1.55. The van der Waals surface area contributed by atoms with Gasteiger partial charge in [0.25, 0.3) is 11.8 Å². The smallest absolute Gasteiger partial charge is 0.255 e. The fourth-order valence-electron chi connectivity index (χ4n) is 3.30. The third kappa shape index (κ3) is 4.04. The second kappa shape index (κ2) is 7.63. The summed E-state index contributed by atoms with van der Waals surface area (Å²) in [5.41, 5.74) is 5.68. The normalized spacial score (nSPS) is 21.7. The highest BCUT2D eigenvalue weighted by Gasteiger charge is 2.31. The number of nitrogens with zero attached hydrogens (tertiary/aromatic N) is 2. The van der Waals surface area contributed by atoms with Gasteiger partial charge in [0.1, 0.15) is 5.75 Å². The molecule has 7 heteroatoms. The Labute approximate surface area is 141 Å². The Bertz CT molecular complexity index is 584. The van der Waals surface area contributed by atoms with Crippen LogP contribution in [-0.4, -0.2) is 73.5 Å². The molecule has 0 spiro atoms. The highest BCUT2D eigenvalue weighted by Crippen LogP contribution is 2.20. The molecule has 3 rings (SSSR count). The maximum absolute atomic E-state index is 12.6. The van der Waals surface area contributed by atoms with Gasteiger partial charge in [-0.15, -0.1) is 0 Å². The number of amides is 2. The molecular weight excluding hydrogens is 308 g/mol. The monoisotopic (exact) mass is 332 g/mol. The summed E-state index contributed by atoms with van der Waals surface area (Å²) < 4.78 is 5.21. The molecule has 0 radical (unpaired) electrons. The predicted molar refractivity (Wildman–Crippen MR) is 89.9 cm³/mol. The van der Waals surface area contributed by atoms with Crippen molar-refractivity contribution in [3.8, 4) is 5.75 Å². The Morgan fingerprint density at radius 1 is 1.17 bits per heavy atom. The van der Waals surface area contributed by atoms with Crippen molar-refractivity contribution in [2.45, 2.75) is 12.5 Å². The van der Waals surface area contributed by atoms with E-state index in [1.807, 2.05) is 4.90 Å². The van der Waals surface area contributed by atoms with E-state index in [4.69, 9.17) is 10.5 Å². The van der Waals surface area contributed by atoms with Crippen LogP contribution < -0.4 is 15.8 Å². The molecule has 0 aromatic heterocycles. The fourth-order valence-corrected chi connectivity index (χ4v) is 3.30. The largest absolute Gasteiger partial charge is 0.484 e. The van der Waals surface area contributed by atoms with E-state index in [1.54, 1.807) is 24.3 Å². The average Bonchev–Trinajstić information content (AvgIpc) is 3.10. The molecule has 2 saturated heterocycles. The fraction of sp³-hybridized carbons (Fsp3) is 0.529. The van der Waals surface area contributed by atoms with Gasteiger partial charge in [0.2, 0.25) is 0 Å². The minimum absolute atomic E-state index is 0.0501. The topological polar surface area (TPSA) is 87.9 Å². The van der Waals surface area contributed by atoms with Crippen LogP contribution in [0, 0.1) is 0 Å². The summed E-state index contributed by atoms with van der Waals surface area (Å²) in [6, 6.07) is 7.32. The average molecular weight is 332 g/mol. The molecule has 130 valence electrons. The zero-order chi connectivity index (χ0) is 16.9. The molecule has 2 amide bonds. The first-order chi connectivity index (χ1) is 11.6. The second-order valence-corrected chi connectivity index (χ2v) is 6.26. The highest BCUT2D eigenvalue weighted by atomic mass is 16.5. The molecule has 1 unspecified atom stereocenters. The zero-order valence-corrected chi connectivity index (χ0v) is 13.7. The van der Waals surface area contributed by atoms with Crippen LogP contribution in [0.3, 0.4) is 0 Å². The first-order valence-corrected chi connectivity index (χ1v) is 8.38. The molecule has 7 nitrogen and oxygen atoms in total. The van der Waals surface area contributed by atoms with Gasteiger partial charge in [-0.05, 0) is 30.7 Å². The molecule has 3 N–H and O–H groups in total. The first kappa shape index (κ1) is 16.7. The summed E-state index contributed by atoms with van der Waals surface area (Å²) >= 11 is 0. The third-order valence-electron chi connectivity index (χ3n) is 4.60. The lowest BCUT2D eigenvalue weighted by Crippen LogP contribution is -2.49. The van der Waals surface area contributed by atoms with Gasteiger partial charge >= 0.3 is 0 Å². The minimum Gasteiger partial charge on any atom is -0.484 e. The molecule has 2 heterocycles. The molecule has 0 saturated carbocycles. The summed E-state index contributed by atoms with van der Waals surface area (Å²) in [4.78, 5) is 27.7. The Hall–Kier alpha value is -2.12. The summed E-state index contributed by atoms with van der Waals surface area (Å²) in [5.74, 6) is 0.0609. The minimum atomic E-state index is -0.522. The van der Waals surface area contributed by atoms with E-state index in [2.05, 4.69) is 10.2 Å². The highest BCUT2D eigenvalue weighted by molar-refractivity contribution is 5.94.